The second-order valence-corrected chi connectivity index (χ2v) is 7.74. The molecular formula is C26H37BrN4O4. The third-order valence-corrected chi connectivity index (χ3v) is 5.15. The Hall–Kier alpha value is -2.98. The Morgan fingerprint density at radius 2 is 1.31 bits per heavy atom. The van der Waals surface area contributed by atoms with Crippen molar-refractivity contribution in [3.8, 4) is 35.1 Å². The molecule has 0 aliphatic heterocycles. The van der Waals surface area contributed by atoms with Gasteiger partial charge in [-0.25, -0.2) is 0 Å². The zero-order chi connectivity index (χ0) is 26.3. The van der Waals surface area contributed by atoms with Gasteiger partial charge in [0.15, 0.2) is 0 Å². The van der Waals surface area contributed by atoms with Crippen molar-refractivity contribution in [1.82, 2.24) is 5.32 Å². The average Bonchev–Trinajstić information content (AvgIpc) is 2.92. The maximum Gasteiger partial charge on any atom is 0.127 e. The van der Waals surface area contributed by atoms with Gasteiger partial charge in [0.1, 0.15) is 23.0 Å². The summed E-state index contributed by atoms with van der Waals surface area (Å²) < 4.78 is 20.6. The lowest BCUT2D eigenvalue weighted by atomic mass is 10.2. The van der Waals surface area contributed by atoms with E-state index in [9.17, 15) is 0 Å². The van der Waals surface area contributed by atoms with Gasteiger partial charge in [-0.05, 0) is 31.5 Å². The highest BCUT2D eigenvalue weighted by atomic mass is 79.9. The molecule has 0 saturated heterocycles. The number of methoxy groups -OCH3 is 4. The molecule has 2 aromatic carbocycles. The van der Waals surface area contributed by atoms with Crippen LogP contribution in [0.25, 0.3) is 0 Å². The standard InChI is InChI=1S/C13H18N2O2.C9H13NO2.C4H6BrN/c1-16-12-6-5-11(13(9-12)17-2)10-15-8-4-3-7-14;1-11-8-4-3-7(6-10)9(5-8)12-2;5-3-1-2-4-6/h5-6,9,15H,3-4,8,10H2,1-2H3;3-5H,6,10H2,1-2H3;1-3H2. The van der Waals surface area contributed by atoms with Gasteiger partial charge in [-0.2, -0.15) is 10.5 Å². The monoisotopic (exact) mass is 548 g/mol. The molecule has 8 nitrogen and oxygen atoms in total. The smallest absolute Gasteiger partial charge is 0.127 e. The summed E-state index contributed by atoms with van der Waals surface area (Å²) in [5, 5.41) is 20.6. The number of halogens is 1. The van der Waals surface area contributed by atoms with Gasteiger partial charge in [0, 0.05) is 54.5 Å². The molecule has 35 heavy (non-hydrogen) atoms. The van der Waals surface area contributed by atoms with Crippen LogP contribution >= 0.6 is 15.9 Å². The molecular weight excluding hydrogens is 512 g/mol. The summed E-state index contributed by atoms with van der Waals surface area (Å²) in [6.45, 7) is 2.05. The number of ether oxygens (including phenoxy) is 4. The molecule has 0 heterocycles. The molecule has 0 aromatic heterocycles. The first kappa shape index (κ1) is 32.0. The lowest BCUT2D eigenvalue weighted by molar-refractivity contribution is 0.389. The van der Waals surface area contributed by atoms with E-state index in [0.29, 0.717) is 19.4 Å². The molecule has 0 atom stereocenters. The zero-order valence-electron chi connectivity index (χ0n) is 21.1. The summed E-state index contributed by atoms with van der Waals surface area (Å²) in [4.78, 5) is 0. The van der Waals surface area contributed by atoms with E-state index in [1.165, 1.54) is 0 Å². The number of hydrogen-bond acceptors (Lipinski definition) is 8. The van der Waals surface area contributed by atoms with Gasteiger partial charge in [0.2, 0.25) is 0 Å². The summed E-state index contributed by atoms with van der Waals surface area (Å²) >= 11 is 3.20. The van der Waals surface area contributed by atoms with Gasteiger partial charge in [0.05, 0.1) is 40.6 Å². The number of nitrogens with two attached hydrogens (primary N) is 1. The lowest BCUT2D eigenvalue weighted by Gasteiger charge is -2.10. The minimum Gasteiger partial charge on any atom is -0.497 e. The molecule has 0 spiro atoms. The van der Waals surface area contributed by atoms with Gasteiger partial charge in [-0.3, -0.25) is 0 Å². The number of unbranched alkanes of at least 4 members (excludes halogenated alkanes) is 2. The van der Waals surface area contributed by atoms with E-state index in [1.54, 1.807) is 28.4 Å². The van der Waals surface area contributed by atoms with E-state index >= 15 is 0 Å². The van der Waals surface area contributed by atoms with E-state index in [-0.39, 0.29) is 0 Å². The summed E-state index contributed by atoms with van der Waals surface area (Å²) in [6.07, 6.45) is 3.10. The number of nitrogens with zero attached hydrogens (tertiary/aromatic N) is 2. The van der Waals surface area contributed by atoms with Crippen LogP contribution in [0.4, 0.5) is 0 Å². The summed E-state index contributed by atoms with van der Waals surface area (Å²) in [5.41, 5.74) is 7.57. The van der Waals surface area contributed by atoms with Crippen LogP contribution in [-0.2, 0) is 13.1 Å². The third-order valence-electron chi connectivity index (χ3n) is 4.59. The maximum absolute atomic E-state index is 8.41. The lowest BCUT2D eigenvalue weighted by Crippen LogP contribution is -2.15. The van der Waals surface area contributed by atoms with Gasteiger partial charge < -0.3 is 30.0 Å². The van der Waals surface area contributed by atoms with Crippen molar-refractivity contribution in [2.45, 2.75) is 38.8 Å². The minimum absolute atomic E-state index is 0.479. The van der Waals surface area contributed by atoms with E-state index < -0.39 is 0 Å². The van der Waals surface area contributed by atoms with Crippen LogP contribution in [0.3, 0.4) is 0 Å². The Morgan fingerprint density at radius 3 is 1.74 bits per heavy atom. The van der Waals surface area contributed by atoms with E-state index in [1.807, 2.05) is 42.5 Å². The summed E-state index contributed by atoms with van der Waals surface area (Å²) in [7, 11) is 6.52. The zero-order valence-corrected chi connectivity index (χ0v) is 22.7. The number of hydrogen-bond donors (Lipinski definition) is 2. The molecule has 192 valence electrons. The van der Waals surface area contributed by atoms with Crippen molar-refractivity contribution in [1.29, 1.82) is 10.5 Å². The average molecular weight is 550 g/mol. The van der Waals surface area contributed by atoms with E-state index in [0.717, 1.165) is 65.4 Å². The Morgan fingerprint density at radius 1 is 0.800 bits per heavy atom. The van der Waals surface area contributed by atoms with Gasteiger partial charge in [-0.1, -0.05) is 28.1 Å². The first-order chi connectivity index (χ1) is 17.0. The molecule has 0 aliphatic carbocycles. The molecule has 0 bridgehead atoms. The highest BCUT2D eigenvalue weighted by molar-refractivity contribution is 9.09. The van der Waals surface area contributed by atoms with Crippen molar-refractivity contribution in [3.05, 3.63) is 47.5 Å². The van der Waals surface area contributed by atoms with Crippen LogP contribution in [0, 0.1) is 22.7 Å². The van der Waals surface area contributed by atoms with Crippen LogP contribution in [0.5, 0.6) is 23.0 Å². The van der Waals surface area contributed by atoms with E-state index in [4.69, 9.17) is 35.2 Å². The number of alkyl halides is 1. The fraction of sp³-hybridized carbons (Fsp3) is 0.462. The predicted octanol–water partition coefficient (Wildman–Crippen LogP) is 4.94. The maximum atomic E-state index is 8.41. The Kier molecular flexibility index (Phi) is 19.7. The first-order valence-corrected chi connectivity index (χ1v) is 12.3. The fourth-order valence-corrected chi connectivity index (χ4v) is 2.96. The molecule has 9 heteroatoms. The molecule has 2 aromatic rings. The van der Waals surface area contributed by atoms with Crippen LogP contribution in [-0.4, -0.2) is 40.3 Å². The van der Waals surface area contributed by atoms with Gasteiger partial charge in [0.25, 0.3) is 0 Å². The van der Waals surface area contributed by atoms with Gasteiger partial charge >= 0.3 is 0 Å². The van der Waals surface area contributed by atoms with Crippen molar-refractivity contribution in [2.24, 2.45) is 5.73 Å². The fourth-order valence-electron chi connectivity index (χ4n) is 2.68. The first-order valence-electron chi connectivity index (χ1n) is 11.2. The quantitative estimate of drug-likeness (QED) is 0.282. The van der Waals surface area contributed by atoms with Gasteiger partial charge in [-0.15, -0.1) is 0 Å². The molecule has 0 saturated carbocycles. The normalized spacial score (nSPS) is 9.26. The van der Waals surface area contributed by atoms with Crippen LogP contribution in [0.1, 0.15) is 36.8 Å². The van der Waals surface area contributed by atoms with E-state index in [2.05, 4.69) is 27.3 Å². The summed E-state index contributed by atoms with van der Waals surface area (Å²) in [6, 6.07) is 15.5. The second kappa shape index (κ2) is 21.5. The molecule has 2 rings (SSSR count). The second-order valence-electron chi connectivity index (χ2n) is 6.95. The topological polar surface area (TPSA) is 123 Å². The molecule has 3 N–H and O–H groups in total. The Balaban J connectivity index is 0.000000557. The predicted molar refractivity (Wildman–Crippen MR) is 142 cm³/mol. The molecule has 0 unspecified atom stereocenters. The molecule has 0 aliphatic rings. The minimum atomic E-state index is 0.479. The van der Waals surface area contributed by atoms with Crippen molar-refractivity contribution in [2.75, 3.05) is 40.3 Å². The summed E-state index contributed by atoms with van der Waals surface area (Å²) in [5.74, 6) is 3.16. The third kappa shape index (κ3) is 14.1. The molecule has 0 fully saturated rings. The highest BCUT2D eigenvalue weighted by Gasteiger charge is 2.04. The number of rotatable bonds is 12. The van der Waals surface area contributed by atoms with Crippen LogP contribution in [0.2, 0.25) is 0 Å². The van der Waals surface area contributed by atoms with Crippen molar-refractivity contribution in [3.63, 3.8) is 0 Å². The van der Waals surface area contributed by atoms with Crippen molar-refractivity contribution < 1.29 is 18.9 Å². The Bertz CT molecular complexity index is 913. The van der Waals surface area contributed by atoms with Crippen LogP contribution < -0.4 is 30.0 Å². The number of benzene rings is 2. The highest BCUT2D eigenvalue weighted by Crippen LogP contribution is 2.24. The number of nitrogens with one attached hydrogen (secondary N) is 1. The van der Waals surface area contributed by atoms with Crippen LogP contribution in [0.15, 0.2) is 36.4 Å². The number of nitriles is 2. The van der Waals surface area contributed by atoms with Crippen molar-refractivity contribution >= 4 is 15.9 Å². The molecule has 0 amide bonds. The SMILES string of the molecule is COc1ccc(CN)c(OC)c1.COc1ccc(CNCCCC#N)c(OC)c1.N#CCCCBr. The largest absolute Gasteiger partial charge is 0.497 e. The molecule has 0 radical (unpaired) electrons. The Labute approximate surface area is 218 Å².